The van der Waals surface area contributed by atoms with E-state index in [4.69, 9.17) is 4.74 Å². The van der Waals surface area contributed by atoms with Crippen LogP contribution in [0.3, 0.4) is 0 Å². The van der Waals surface area contributed by atoms with E-state index in [2.05, 4.69) is 9.46 Å². The van der Waals surface area contributed by atoms with Crippen LogP contribution in [-0.2, 0) is 16.2 Å². The molecule has 1 atom stereocenters. The first-order chi connectivity index (χ1) is 17.2. The highest BCUT2D eigenvalue weighted by Gasteiger charge is 2.36. The standard InChI is InChI=1S/C23H20F6N2O4S2/c1-31-11-10-17(13-31)34-19-12-15(4-7-18(19)22(24,25)26)30-37(32,33)21-9-8-20(36-21)14-2-5-16(6-3-14)35-23(27,28)29/h2-9,12,17,30H,10-11,13H2,1H3. The van der Waals surface area contributed by atoms with Gasteiger partial charge in [-0.05, 0) is 67.6 Å². The zero-order valence-electron chi connectivity index (χ0n) is 19.1. The van der Waals surface area contributed by atoms with E-state index in [0.717, 1.165) is 41.7 Å². The van der Waals surface area contributed by atoms with Gasteiger partial charge in [-0.3, -0.25) is 4.72 Å². The van der Waals surface area contributed by atoms with Gasteiger partial charge < -0.3 is 14.4 Å². The molecule has 0 radical (unpaired) electrons. The van der Waals surface area contributed by atoms with Crippen molar-refractivity contribution >= 4 is 27.0 Å². The maximum absolute atomic E-state index is 13.5. The van der Waals surface area contributed by atoms with Gasteiger partial charge in [0.05, 0.1) is 11.3 Å². The largest absolute Gasteiger partial charge is 0.573 e. The lowest BCUT2D eigenvalue weighted by Crippen LogP contribution is -2.23. The van der Waals surface area contributed by atoms with E-state index in [1.165, 1.54) is 24.3 Å². The number of sulfonamides is 1. The number of halogens is 6. The number of nitrogens with zero attached hydrogens (tertiary/aromatic N) is 1. The second-order valence-electron chi connectivity index (χ2n) is 8.30. The maximum Gasteiger partial charge on any atom is 0.573 e. The molecule has 0 aliphatic carbocycles. The smallest absolute Gasteiger partial charge is 0.488 e. The van der Waals surface area contributed by atoms with Gasteiger partial charge in [0, 0.05) is 24.0 Å². The van der Waals surface area contributed by atoms with Crippen molar-refractivity contribution in [2.45, 2.75) is 29.3 Å². The minimum atomic E-state index is -4.84. The van der Waals surface area contributed by atoms with Crippen molar-refractivity contribution in [2.24, 2.45) is 0 Å². The Balaban J connectivity index is 1.53. The zero-order valence-corrected chi connectivity index (χ0v) is 20.7. The lowest BCUT2D eigenvalue weighted by molar-refractivity contribution is -0.274. The SMILES string of the molecule is CN1CCC(Oc2cc(NS(=O)(=O)c3ccc(-c4ccc(OC(F)(F)F)cc4)s3)ccc2C(F)(F)F)C1. The molecule has 200 valence electrons. The molecular weight excluding hydrogens is 546 g/mol. The molecule has 3 aromatic rings. The Kier molecular flexibility index (Phi) is 7.36. The molecule has 2 heterocycles. The zero-order chi connectivity index (χ0) is 27.0. The molecule has 1 unspecified atom stereocenters. The topological polar surface area (TPSA) is 67.9 Å². The number of likely N-dealkylation sites (N-methyl/N-ethyl adjacent to an activating group) is 1. The van der Waals surface area contributed by atoms with Gasteiger partial charge >= 0.3 is 12.5 Å². The number of benzene rings is 2. The Hall–Kier alpha value is -2.97. The van der Waals surface area contributed by atoms with E-state index < -0.39 is 45.7 Å². The third-order valence-electron chi connectivity index (χ3n) is 5.40. The first kappa shape index (κ1) is 27.1. The highest BCUT2D eigenvalue weighted by Crippen LogP contribution is 2.39. The van der Waals surface area contributed by atoms with Gasteiger partial charge in [0.1, 0.15) is 21.8 Å². The molecule has 1 aliphatic rings. The van der Waals surface area contributed by atoms with Gasteiger partial charge in [0.25, 0.3) is 10.0 Å². The highest BCUT2D eigenvalue weighted by atomic mass is 32.2. The van der Waals surface area contributed by atoms with Crippen molar-refractivity contribution < 1.29 is 44.2 Å². The highest BCUT2D eigenvalue weighted by molar-refractivity contribution is 7.94. The fourth-order valence-electron chi connectivity index (χ4n) is 3.73. The van der Waals surface area contributed by atoms with Gasteiger partial charge in [-0.25, -0.2) is 8.42 Å². The molecule has 14 heteroatoms. The fourth-order valence-corrected chi connectivity index (χ4v) is 6.09. The second-order valence-corrected chi connectivity index (χ2v) is 11.3. The van der Waals surface area contributed by atoms with Crippen LogP contribution < -0.4 is 14.2 Å². The van der Waals surface area contributed by atoms with Crippen LogP contribution in [0.5, 0.6) is 11.5 Å². The Morgan fingerprint density at radius 3 is 2.30 bits per heavy atom. The fraction of sp³-hybridized carbons (Fsp3) is 0.304. The van der Waals surface area contributed by atoms with Crippen LogP contribution in [0.15, 0.2) is 58.8 Å². The molecule has 37 heavy (non-hydrogen) atoms. The molecular formula is C23H20F6N2O4S2. The third kappa shape index (κ3) is 6.87. The Bertz CT molecular complexity index is 1350. The van der Waals surface area contributed by atoms with Crippen LogP contribution in [0.4, 0.5) is 32.0 Å². The minimum absolute atomic E-state index is 0.113. The van der Waals surface area contributed by atoms with Crippen LogP contribution in [-0.4, -0.2) is 45.9 Å². The number of ether oxygens (including phenoxy) is 2. The summed E-state index contributed by atoms with van der Waals surface area (Å²) in [6.07, 6.45) is -9.47. The molecule has 4 rings (SSSR count). The molecule has 0 saturated carbocycles. The number of thiophene rings is 1. The summed E-state index contributed by atoms with van der Waals surface area (Å²) in [5, 5.41) is 0. The Morgan fingerprint density at radius 2 is 1.70 bits per heavy atom. The van der Waals surface area contributed by atoms with Crippen LogP contribution in [0.1, 0.15) is 12.0 Å². The minimum Gasteiger partial charge on any atom is -0.488 e. The molecule has 1 aromatic heterocycles. The van der Waals surface area contributed by atoms with Crippen molar-refractivity contribution in [1.82, 2.24) is 4.90 Å². The molecule has 1 N–H and O–H groups in total. The van der Waals surface area contributed by atoms with Crippen LogP contribution in [0.2, 0.25) is 0 Å². The summed E-state index contributed by atoms with van der Waals surface area (Å²) in [6, 6.07) is 10.4. The molecule has 6 nitrogen and oxygen atoms in total. The van der Waals surface area contributed by atoms with Gasteiger partial charge in [0.15, 0.2) is 0 Å². The van der Waals surface area contributed by atoms with E-state index in [0.29, 0.717) is 30.0 Å². The number of hydrogen-bond acceptors (Lipinski definition) is 6. The van der Waals surface area contributed by atoms with Gasteiger partial charge in [0.2, 0.25) is 0 Å². The molecule has 2 aromatic carbocycles. The molecule has 1 fully saturated rings. The summed E-state index contributed by atoms with van der Waals surface area (Å²) < 4.78 is 115. The number of alkyl halides is 6. The van der Waals surface area contributed by atoms with Gasteiger partial charge in [-0.2, -0.15) is 13.2 Å². The van der Waals surface area contributed by atoms with Crippen molar-refractivity contribution in [2.75, 3.05) is 24.9 Å². The average molecular weight is 567 g/mol. The van der Waals surface area contributed by atoms with Crippen molar-refractivity contribution in [3.63, 3.8) is 0 Å². The average Bonchev–Trinajstić information content (AvgIpc) is 3.42. The van der Waals surface area contributed by atoms with Crippen LogP contribution in [0.25, 0.3) is 10.4 Å². The van der Waals surface area contributed by atoms with E-state index in [1.54, 1.807) is 0 Å². The second kappa shape index (κ2) is 10.1. The maximum atomic E-state index is 13.5. The first-order valence-electron chi connectivity index (χ1n) is 10.7. The predicted octanol–water partition coefficient (Wildman–Crippen LogP) is 6.22. The number of rotatable bonds is 7. The predicted molar refractivity (Wildman–Crippen MR) is 125 cm³/mol. The molecule has 1 saturated heterocycles. The number of likely N-dealkylation sites (tertiary alicyclic amines) is 1. The number of hydrogen-bond donors (Lipinski definition) is 1. The van der Waals surface area contributed by atoms with E-state index >= 15 is 0 Å². The summed E-state index contributed by atoms with van der Waals surface area (Å²) >= 11 is 0.839. The normalized spacial score (nSPS) is 17.1. The van der Waals surface area contributed by atoms with Crippen molar-refractivity contribution in [1.29, 1.82) is 0 Å². The van der Waals surface area contributed by atoms with Crippen LogP contribution in [0, 0.1) is 0 Å². The monoisotopic (exact) mass is 566 g/mol. The number of anilines is 1. The van der Waals surface area contributed by atoms with Gasteiger partial charge in [-0.1, -0.05) is 0 Å². The first-order valence-corrected chi connectivity index (χ1v) is 13.0. The van der Waals surface area contributed by atoms with Crippen molar-refractivity contribution in [3.05, 3.63) is 60.2 Å². The summed E-state index contributed by atoms with van der Waals surface area (Å²) in [7, 11) is -2.37. The van der Waals surface area contributed by atoms with Crippen molar-refractivity contribution in [3.8, 4) is 21.9 Å². The Morgan fingerprint density at radius 1 is 1.00 bits per heavy atom. The Labute approximate surface area is 212 Å². The lowest BCUT2D eigenvalue weighted by atomic mass is 10.1. The lowest BCUT2D eigenvalue weighted by Gasteiger charge is -2.19. The summed E-state index contributed by atoms with van der Waals surface area (Å²) in [6.45, 7) is 1.10. The van der Waals surface area contributed by atoms with E-state index in [-0.39, 0.29) is 9.90 Å². The van der Waals surface area contributed by atoms with Gasteiger partial charge in [-0.15, -0.1) is 24.5 Å². The van der Waals surface area contributed by atoms with E-state index in [1.807, 2.05) is 11.9 Å². The van der Waals surface area contributed by atoms with Crippen LogP contribution >= 0.6 is 11.3 Å². The summed E-state index contributed by atoms with van der Waals surface area (Å²) in [5.74, 6) is -0.895. The quantitative estimate of drug-likeness (QED) is 0.344. The third-order valence-corrected chi connectivity index (χ3v) is 8.41. The van der Waals surface area contributed by atoms with E-state index in [9.17, 15) is 34.8 Å². The molecule has 0 bridgehead atoms. The molecule has 0 spiro atoms. The number of nitrogens with one attached hydrogen (secondary N) is 1. The summed E-state index contributed by atoms with van der Waals surface area (Å²) in [4.78, 5) is 2.36. The molecule has 1 aliphatic heterocycles. The summed E-state index contributed by atoms with van der Waals surface area (Å²) in [5.41, 5.74) is -0.674. The molecule has 0 amide bonds.